The van der Waals surface area contributed by atoms with Crippen molar-refractivity contribution in [2.75, 3.05) is 27.2 Å². The molecule has 1 aromatic heterocycles. The molecule has 1 rings (SSSR count). The molecule has 1 atom stereocenters. The maximum Gasteiger partial charge on any atom is 0.0900 e. The summed E-state index contributed by atoms with van der Waals surface area (Å²) >= 11 is 1.78. The number of nitrogens with one attached hydrogen (secondary N) is 1. The molecule has 0 aliphatic carbocycles. The smallest absolute Gasteiger partial charge is 0.0900 e. The topological polar surface area (TPSA) is 28.2 Å². The van der Waals surface area contributed by atoms with Gasteiger partial charge < -0.3 is 10.2 Å². The fourth-order valence-electron chi connectivity index (χ4n) is 1.55. The quantitative estimate of drug-likeness (QED) is 0.833. The zero-order valence-corrected chi connectivity index (χ0v) is 11.1. The third-order valence-electron chi connectivity index (χ3n) is 2.36. The van der Waals surface area contributed by atoms with Crippen LogP contribution in [0.5, 0.6) is 0 Å². The number of aromatic nitrogens is 1. The van der Waals surface area contributed by atoms with Crippen molar-refractivity contribution in [3.05, 3.63) is 15.6 Å². The van der Waals surface area contributed by atoms with E-state index in [9.17, 15) is 0 Å². The van der Waals surface area contributed by atoms with E-state index in [1.165, 1.54) is 10.6 Å². The molecule has 0 aliphatic heterocycles. The maximum atomic E-state index is 4.55. The summed E-state index contributed by atoms with van der Waals surface area (Å²) in [5.41, 5.74) is 1.20. The molecule has 0 aliphatic rings. The van der Waals surface area contributed by atoms with E-state index >= 15 is 0 Å². The lowest BCUT2D eigenvalue weighted by Crippen LogP contribution is -2.28. The molecular formula is C11H21N3S. The molecule has 1 N–H and O–H groups in total. The summed E-state index contributed by atoms with van der Waals surface area (Å²) in [6, 6.07) is 0.356. The van der Waals surface area contributed by atoms with Gasteiger partial charge in [-0.15, -0.1) is 11.3 Å². The Kier molecular flexibility index (Phi) is 4.70. The molecule has 0 spiro atoms. The number of likely N-dealkylation sites (N-methyl/N-ethyl adjacent to an activating group) is 1. The molecule has 0 radical (unpaired) electrons. The Bertz CT molecular complexity index is 307. The van der Waals surface area contributed by atoms with Gasteiger partial charge in [-0.2, -0.15) is 0 Å². The molecule has 1 aromatic rings. The largest absolute Gasteiger partial charge is 0.308 e. The van der Waals surface area contributed by atoms with Crippen molar-refractivity contribution in [2.45, 2.75) is 26.8 Å². The average Bonchev–Trinajstić information content (AvgIpc) is 2.44. The van der Waals surface area contributed by atoms with Crippen LogP contribution in [0.1, 0.15) is 28.5 Å². The van der Waals surface area contributed by atoms with E-state index in [0.29, 0.717) is 6.04 Å². The Morgan fingerprint density at radius 1 is 1.40 bits per heavy atom. The first-order valence-electron chi connectivity index (χ1n) is 5.32. The Morgan fingerprint density at radius 3 is 2.53 bits per heavy atom. The van der Waals surface area contributed by atoms with Crippen LogP contribution in [0.15, 0.2) is 0 Å². The summed E-state index contributed by atoms with van der Waals surface area (Å²) in [6.45, 7) is 8.45. The molecule has 0 saturated heterocycles. The van der Waals surface area contributed by atoms with E-state index in [0.717, 1.165) is 18.1 Å². The summed E-state index contributed by atoms with van der Waals surface area (Å²) in [4.78, 5) is 8.06. The highest BCUT2D eigenvalue weighted by Gasteiger charge is 2.11. The first-order chi connectivity index (χ1) is 7.00. The molecule has 15 heavy (non-hydrogen) atoms. The molecule has 86 valence electrons. The van der Waals surface area contributed by atoms with Crippen LogP contribution in [0.3, 0.4) is 0 Å². The zero-order valence-electron chi connectivity index (χ0n) is 10.3. The lowest BCUT2D eigenvalue weighted by atomic mass is 10.2. The van der Waals surface area contributed by atoms with Crippen molar-refractivity contribution < 1.29 is 0 Å². The number of hydrogen-bond acceptors (Lipinski definition) is 4. The molecule has 1 unspecified atom stereocenters. The average molecular weight is 227 g/mol. The second-order valence-electron chi connectivity index (χ2n) is 4.15. The van der Waals surface area contributed by atoms with Crippen LogP contribution in [0.2, 0.25) is 0 Å². The second-order valence-corrected chi connectivity index (χ2v) is 5.56. The van der Waals surface area contributed by atoms with Crippen LogP contribution in [-0.2, 0) is 0 Å². The zero-order chi connectivity index (χ0) is 11.4. The SMILES string of the molecule is Cc1nc(C(C)NCCN(C)C)c(C)s1. The number of nitrogens with zero attached hydrogens (tertiary/aromatic N) is 2. The Morgan fingerprint density at radius 2 is 2.07 bits per heavy atom. The minimum Gasteiger partial charge on any atom is -0.308 e. The number of aryl methyl sites for hydroxylation is 2. The number of hydrogen-bond donors (Lipinski definition) is 1. The van der Waals surface area contributed by atoms with Crippen molar-refractivity contribution in [1.82, 2.24) is 15.2 Å². The van der Waals surface area contributed by atoms with Crippen LogP contribution in [0.4, 0.5) is 0 Å². The third-order valence-corrected chi connectivity index (χ3v) is 3.26. The third kappa shape index (κ3) is 3.89. The van der Waals surface area contributed by atoms with Crippen molar-refractivity contribution in [3.8, 4) is 0 Å². The van der Waals surface area contributed by atoms with Gasteiger partial charge in [-0.25, -0.2) is 4.98 Å². The maximum absolute atomic E-state index is 4.55. The molecule has 4 heteroatoms. The van der Waals surface area contributed by atoms with Gasteiger partial charge in [0, 0.05) is 24.0 Å². The van der Waals surface area contributed by atoms with Gasteiger partial charge in [-0.1, -0.05) is 0 Å². The van der Waals surface area contributed by atoms with Crippen molar-refractivity contribution in [1.29, 1.82) is 0 Å². The van der Waals surface area contributed by atoms with Gasteiger partial charge in [0.05, 0.1) is 10.7 Å². The Hall–Kier alpha value is -0.450. The van der Waals surface area contributed by atoms with Crippen LogP contribution in [0, 0.1) is 13.8 Å². The summed E-state index contributed by atoms with van der Waals surface area (Å²) in [5, 5.41) is 4.64. The molecule has 0 bridgehead atoms. The van der Waals surface area contributed by atoms with Crippen LogP contribution in [0.25, 0.3) is 0 Å². The summed E-state index contributed by atoms with van der Waals surface area (Å²) in [6.07, 6.45) is 0. The van der Waals surface area contributed by atoms with E-state index < -0.39 is 0 Å². The van der Waals surface area contributed by atoms with Crippen LogP contribution < -0.4 is 5.32 Å². The van der Waals surface area contributed by atoms with Gasteiger partial charge >= 0.3 is 0 Å². The van der Waals surface area contributed by atoms with Crippen molar-refractivity contribution in [3.63, 3.8) is 0 Å². The molecule has 1 heterocycles. The van der Waals surface area contributed by atoms with E-state index in [4.69, 9.17) is 0 Å². The van der Waals surface area contributed by atoms with Gasteiger partial charge in [0.2, 0.25) is 0 Å². The standard InChI is InChI=1S/C11H21N3S/c1-8(12-6-7-14(4)5)11-9(2)15-10(3)13-11/h8,12H,6-7H2,1-5H3. The van der Waals surface area contributed by atoms with Gasteiger partial charge in [-0.3, -0.25) is 0 Å². The van der Waals surface area contributed by atoms with Gasteiger partial charge in [0.25, 0.3) is 0 Å². The first kappa shape index (κ1) is 12.6. The predicted octanol–water partition coefficient (Wildman–Crippen LogP) is 1.97. The molecule has 0 fully saturated rings. The molecule has 3 nitrogen and oxygen atoms in total. The summed E-state index contributed by atoms with van der Waals surface area (Å²) < 4.78 is 0. The fourth-order valence-corrected chi connectivity index (χ4v) is 2.46. The summed E-state index contributed by atoms with van der Waals surface area (Å²) in [5.74, 6) is 0. The lowest BCUT2D eigenvalue weighted by molar-refractivity contribution is 0.388. The minimum atomic E-state index is 0.356. The Balaban J connectivity index is 2.46. The predicted molar refractivity (Wildman–Crippen MR) is 66.6 cm³/mol. The van der Waals surface area contributed by atoms with Gasteiger partial charge in [0.1, 0.15) is 0 Å². The molecule has 0 aromatic carbocycles. The molecular weight excluding hydrogens is 206 g/mol. The number of thiazole rings is 1. The monoisotopic (exact) mass is 227 g/mol. The normalized spacial score (nSPS) is 13.5. The highest BCUT2D eigenvalue weighted by molar-refractivity contribution is 7.11. The van der Waals surface area contributed by atoms with E-state index in [1.54, 1.807) is 11.3 Å². The van der Waals surface area contributed by atoms with Crippen molar-refractivity contribution >= 4 is 11.3 Å². The van der Waals surface area contributed by atoms with E-state index in [-0.39, 0.29) is 0 Å². The minimum absolute atomic E-state index is 0.356. The first-order valence-corrected chi connectivity index (χ1v) is 6.14. The Labute approximate surface area is 96.5 Å². The van der Waals surface area contributed by atoms with Crippen LogP contribution in [-0.4, -0.2) is 37.1 Å². The highest BCUT2D eigenvalue weighted by Crippen LogP contribution is 2.21. The number of rotatable bonds is 5. The van der Waals surface area contributed by atoms with Crippen molar-refractivity contribution in [2.24, 2.45) is 0 Å². The summed E-state index contributed by atoms with van der Waals surface area (Å²) in [7, 11) is 4.18. The lowest BCUT2D eigenvalue weighted by Gasteiger charge is -2.15. The van der Waals surface area contributed by atoms with Gasteiger partial charge in [0.15, 0.2) is 0 Å². The highest BCUT2D eigenvalue weighted by atomic mass is 32.1. The fraction of sp³-hybridized carbons (Fsp3) is 0.727. The van der Waals surface area contributed by atoms with Crippen LogP contribution >= 0.6 is 11.3 Å². The van der Waals surface area contributed by atoms with E-state index in [1.807, 2.05) is 0 Å². The molecule has 0 amide bonds. The second kappa shape index (κ2) is 5.58. The van der Waals surface area contributed by atoms with Gasteiger partial charge in [-0.05, 0) is 34.9 Å². The van der Waals surface area contributed by atoms with E-state index in [2.05, 4.69) is 50.1 Å². The molecule has 0 saturated carbocycles.